The molecule has 1 aliphatic rings. The summed E-state index contributed by atoms with van der Waals surface area (Å²) in [5.74, 6) is 5.27. The van der Waals surface area contributed by atoms with Gasteiger partial charge in [-0.3, -0.25) is 4.84 Å². The van der Waals surface area contributed by atoms with Gasteiger partial charge in [-0.25, -0.2) is 5.90 Å². The quantitative estimate of drug-likeness (QED) is 0.635. The Morgan fingerprint density at radius 3 is 2.58 bits per heavy atom. The average Bonchev–Trinajstić information content (AvgIpc) is 2.05. The van der Waals surface area contributed by atoms with Crippen LogP contribution in [0, 0.1) is 0 Å². The molecule has 0 saturated carbocycles. The molecule has 1 unspecified atom stereocenters. The van der Waals surface area contributed by atoms with Crippen molar-refractivity contribution in [2.24, 2.45) is 5.90 Å². The Labute approximate surface area is 74.8 Å². The third kappa shape index (κ3) is 1.97. The lowest BCUT2D eigenvalue weighted by Gasteiger charge is -2.41. The van der Waals surface area contributed by atoms with Crippen molar-refractivity contribution < 1.29 is 4.84 Å². The zero-order valence-electron chi connectivity index (χ0n) is 8.34. The summed E-state index contributed by atoms with van der Waals surface area (Å²) in [7, 11) is 2.14. The fourth-order valence-corrected chi connectivity index (χ4v) is 2.03. The number of hydrogen-bond acceptors (Lipinski definition) is 3. The van der Waals surface area contributed by atoms with E-state index in [1.54, 1.807) is 0 Å². The van der Waals surface area contributed by atoms with Crippen LogP contribution >= 0.6 is 0 Å². The summed E-state index contributed by atoms with van der Waals surface area (Å²) in [5.41, 5.74) is -0.213. The maximum absolute atomic E-state index is 5.27. The molecule has 3 nitrogen and oxygen atoms in total. The van der Waals surface area contributed by atoms with Gasteiger partial charge in [-0.05, 0) is 40.3 Å². The Balaban J connectivity index is 2.58. The normalized spacial score (nSPS) is 27.5. The topological polar surface area (TPSA) is 38.5 Å². The molecule has 0 bridgehead atoms. The van der Waals surface area contributed by atoms with Crippen molar-refractivity contribution in [3.8, 4) is 0 Å². The molecular formula is C9H20N2O. The third-order valence-electron chi connectivity index (χ3n) is 2.88. The summed E-state index contributed by atoms with van der Waals surface area (Å²) in [6, 6.07) is 0.469. The number of hydrogen-bond donors (Lipinski definition) is 1. The summed E-state index contributed by atoms with van der Waals surface area (Å²) < 4.78 is 0. The lowest BCUT2D eigenvalue weighted by molar-refractivity contribution is -0.0857. The zero-order chi connectivity index (χ0) is 9.19. The van der Waals surface area contributed by atoms with Crippen LogP contribution in [0.4, 0.5) is 0 Å². The average molecular weight is 172 g/mol. The van der Waals surface area contributed by atoms with Crippen molar-refractivity contribution >= 4 is 0 Å². The molecule has 1 atom stereocenters. The van der Waals surface area contributed by atoms with Crippen LogP contribution in [0.15, 0.2) is 0 Å². The number of rotatable bonds is 2. The van der Waals surface area contributed by atoms with Gasteiger partial charge >= 0.3 is 0 Å². The SMILES string of the molecule is CN1CCCCC1C(C)(C)ON. The first-order chi connectivity index (χ1) is 5.58. The van der Waals surface area contributed by atoms with E-state index in [4.69, 9.17) is 10.7 Å². The van der Waals surface area contributed by atoms with Gasteiger partial charge in [0.1, 0.15) is 0 Å². The van der Waals surface area contributed by atoms with E-state index in [-0.39, 0.29) is 5.60 Å². The lowest BCUT2D eigenvalue weighted by Crippen LogP contribution is -2.52. The van der Waals surface area contributed by atoms with Gasteiger partial charge in [0.15, 0.2) is 0 Å². The first-order valence-corrected chi connectivity index (χ1v) is 4.66. The van der Waals surface area contributed by atoms with Gasteiger partial charge in [0.2, 0.25) is 0 Å². The number of likely N-dealkylation sites (N-methyl/N-ethyl adjacent to an activating group) is 1. The zero-order valence-corrected chi connectivity index (χ0v) is 8.34. The van der Waals surface area contributed by atoms with Crippen molar-refractivity contribution in [3.63, 3.8) is 0 Å². The second-order valence-corrected chi connectivity index (χ2v) is 4.21. The van der Waals surface area contributed by atoms with Gasteiger partial charge in [-0.15, -0.1) is 0 Å². The van der Waals surface area contributed by atoms with Gasteiger partial charge in [0.25, 0.3) is 0 Å². The Hall–Kier alpha value is -0.120. The molecule has 0 aliphatic carbocycles. The highest BCUT2D eigenvalue weighted by Crippen LogP contribution is 2.26. The van der Waals surface area contributed by atoms with E-state index in [2.05, 4.69) is 25.8 Å². The van der Waals surface area contributed by atoms with Crippen LogP contribution in [0.2, 0.25) is 0 Å². The molecule has 1 saturated heterocycles. The van der Waals surface area contributed by atoms with Crippen LogP contribution in [-0.2, 0) is 4.84 Å². The van der Waals surface area contributed by atoms with Crippen LogP contribution in [0.5, 0.6) is 0 Å². The minimum atomic E-state index is -0.213. The minimum absolute atomic E-state index is 0.213. The van der Waals surface area contributed by atoms with E-state index in [9.17, 15) is 0 Å². The Morgan fingerprint density at radius 1 is 1.42 bits per heavy atom. The molecule has 1 rings (SSSR count). The molecule has 1 fully saturated rings. The van der Waals surface area contributed by atoms with Crippen molar-refractivity contribution in [3.05, 3.63) is 0 Å². The fraction of sp³-hybridized carbons (Fsp3) is 1.00. The highest BCUT2D eigenvalue weighted by Gasteiger charge is 2.34. The maximum Gasteiger partial charge on any atom is 0.0991 e. The Morgan fingerprint density at radius 2 is 2.08 bits per heavy atom. The van der Waals surface area contributed by atoms with Crippen LogP contribution in [-0.4, -0.2) is 30.1 Å². The molecule has 0 aromatic rings. The smallest absolute Gasteiger partial charge is 0.0991 e. The molecule has 2 N–H and O–H groups in total. The monoisotopic (exact) mass is 172 g/mol. The number of piperidine rings is 1. The molecule has 0 aromatic carbocycles. The second kappa shape index (κ2) is 3.73. The van der Waals surface area contributed by atoms with E-state index in [1.165, 1.54) is 19.3 Å². The molecule has 0 radical (unpaired) electrons. The summed E-state index contributed by atoms with van der Waals surface area (Å²) in [6.07, 6.45) is 3.79. The predicted octanol–water partition coefficient (Wildman–Crippen LogP) is 1.14. The largest absolute Gasteiger partial charge is 0.300 e. The van der Waals surface area contributed by atoms with Gasteiger partial charge in [-0.2, -0.15) is 0 Å². The van der Waals surface area contributed by atoms with Gasteiger partial charge in [0.05, 0.1) is 5.60 Å². The number of nitrogens with two attached hydrogens (primary N) is 1. The molecule has 0 aromatic heterocycles. The van der Waals surface area contributed by atoms with Crippen molar-refractivity contribution in [1.82, 2.24) is 4.90 Å². The fourth-order valence-electron chi connectivity index (χ4n) is 2.03. The predicted molar refractivity (Wildman–Crippen MR) is 49.6 cm³/mol. The van der Waals surface area contributed by atoms with Gasteiger partial charge < -0.3 is 4.90 Å². The third-order valence-corrected chi connectivity index (χ3v) is 2.88. The molecule has 0 amide bonds. The van der Waals surface area contributed by atoms with E-state index in [0.29, 0.717) is 6.04 Å². The maximum atomic E-state index is 5.27. The van der Waals surface area contributed by atoms with Crippen molar-refractivity contribution in [2.45, 2.75) is 44.8 Å². The highest BCUT2D eigenvalue weighted by molar-refractivity contribution is 4.88. The van der Waals surface area contributed by atoms with Gasteiger partial charge in [-0.1, -0.05) is 6.42 Å². The van der Waals surface area contributed by atoms with E-state index < -0.39 is 0 Å². The summed E-state index contributed by atoms with van der Waals surface area (Å²) in [5, 5.41) is 0. The Kier molecular flexibility index (Phi) is 3.09. The summed E-state index contributed by atoms with van der Waals surface area (Å²) >= 11 is 0. The van der Waals surface area contributed by atoms with Crippen molar-refractivity contribution in [2.75, 3.05) is 13.6 Å². The van der Waals surface area contributed by atoms with Gasteiger partial charge in [0, 0.05) is 6.04 Å². The molecule has 12 heavy (non-hydrogen) atoms. The van der Waals surface area contributed by atoms with Crippen LogP contribution < -0.4 is 5.90 Å². The summed E-state index contributed by atoms with van der Waals surface area (Å²) in [4.78, 5) is 7.35. The number of likely N-dealkylation sites (tertiary alicyclic amines) is 1. The second-order valence-electron chi connectivity index (χ2n) is 4.21. The molecule has 72 valence electrons. The van der Waals surface area contributed by atoms with E-state index in [0.717, 1.165) is 6.54 Å². The van der Waals surface area contributed by atoms with Crippen LogP contribution in [0.1, 0.15) is 33.1 Å². The van der Waals surface area contributed by atoms with Crippen LogP contribution in [0.3, 0.4) is 0 Å². The van der Waals surface area contributed by atoms with Crippen LogP contribution in [0.25, 0.3) is 0 Å². The lowest BCUT2D eigenvalue weighted by atomic mass is 9.89. The molecule has 0 spiro atoms. The highest BCUT2D eigenvalue weighted by atomic mass is 16.6. The molecular weight excluding hydrogens is 152 g/mol. The molecule has 1 heterocycles. The first-order valence-electron chi connectivity index (χ1n) is 4.66. The Bertz CT molecular complexity index is 147. The van der Waals surface area contributed by atoms with Crippen molar-refractivity contribution in [1.29, 1.82) is 0 Å². The standard InChI is InChI=1S/C9H20N2O/c1-9(2,12-10)8-6-4-5-7-11(8)3/h8H,4-7,10H2,1-3H3. The summed E-state index contributed by atoms with van der Waals surface area (Å²) in [6.45, 7) is 5.27. The molecule has 3 heteroatoms. The van der Waals surface area contributed by atoms with E-state index in [1.807, 2.05) is 0 Å². The molecule has 1 aliphatic heterocycles. The number of nitrogens with zero attached hydrogens (tertiary/aromatic N) is 1. The van der Waals surface area contributed by atoms with E-state index >= 15 is 0 Å². The minimum Gasteiger partial charge on any atom is -0.300 e. The first kappa shape index (κ1) is 9.96.